The van der Waals surface area contributed by atoms with Crippen LogP contribution in [-0.4, -0.2) is 23.6 Å². The van der Waals surface area contributed by atoms with Gasteiger partial charge >= 0.3 is 23.6 Å². The Bertz CT molecular complexity index is 677. The molecule has 0 saturated heterocycles. The van der Waals surface area contributed by atoms with E-state index in [2.05, 4.69) is 22.6 Å². The summed E-state index contributed by atoms with van der Waals surface area (Å²) in [6, 6.07) is 0. The van der Waals surface area contributed by atoms with Crippen LogP contribution < -0.4 is 0 Å². The van der Waals surface area contributed by atoms with E-state index in [1.54, 1.807) is 0 Å². The minimum Gasteiger partial charge on any atom is -0.447 e. The van der Waals surface area contributed by atoms with Crippen molar-refractivity contribution in [3.05, 3.63) is 73.3 Å². The van der Waals surface area contributed by atoms with E-state index in [9.17, 15) is 26.3 Å². The first-order chi connectivity index (χ1) is 12.0. The predicted molar refractivity (Wildman–Crippen MR) is 85.9 cm³/mol. The van der Waals surface area contributed by atoms with Crippen molar-refractivity contribution in [3.63, 3.8) is 0 Å². The summed E-state index contributed by atoms with van der Waals surface area (Å²) in [5, 5.41) is 0. The average molecular weight is 380 g/mol. The quantitative estimate of drug-likeness (QED) is 0.295. The first kappa shape index (κ1) is 21.7. The molecule has 1 aliphatic rings. The van der Waals surface area contributed by atoms with Gasteiger partial charge in [-0.25, -0.2) is 0 Å². The van der Waals surface area contributed by atoms with E-state index in [0.717, 1.165) is 36.5 Å². The zero-order valence-electron chi connectivity index (χ0n) is 14.1. The molecule has 144 valence electrons. The zero-order chi connectivity index (χ0) is 20.2. The Morgan fingerprint density at radius 1 is 0.769 bits per heavy atom. The standard InChI is InChI=1S/C18H18F6O2/c1-5-9-12-13(8-4)25-17(23)15(19,20)16(21,22)18(17,24)26-14(10-6-2)11-7-3/h5-12H,1-2H2,3-4H3/b11-7-,12-9-,13-8+,14-10+. The maximum Gasteiger partial charge on any atom is 0.395 e. The molecule has 0 heterocycles. The fourth-order valence-electron chi connectivity index (χ4n) is 2.09. The molecule has 2 atom stereocenters. The van der Waals surface area contributed by atoms with Crippen LogP contribution in [0.15, 0.2) is 73.3 Å². The smallest absolute Gasteiger partial charge is 0.395 e. The van der Waals surface area contributed by atoms with E-state index in [1.165, 1.54) is 26.0 Å². The number of rotatable bonds is 8. The van der Waals surface area contributed by atoms with Gasteiger partial charge in [-0.2, -0.15) is 26.3 Å². The molecule has 0 aliphatic heterocycles. The highest BCUT2D eigenvalue weighted by atomic mass is 19.3. The third kappa shape index (κ3) is 2.97. The normalized spacial score (nSPS) is 30.9. The maximum atomic E-state index is 14.8. The highest BCUT2D eigenvalue weighted by Gasteiger charge is 3.03. The summed E-state index contributed by atoms with van der Waals surface area (Å²) in [6.07, 6.45) is 8.46. The lowest BCUT2D eigenvalue weighted by molar-refractivity contribution is -0.544. The Hall–Kier alpha value is -2.38. The molecule has 2 unspecified atom stereocenters. The molecule has 1 aliphatic carbocycles. The fourth-order valence-corrected chi connectivity index (χ4v) is 2.09. The van der Waals surface area contributed by atoms with Crippen molar-refractivity contribution in [3.8, 4) is 0 Å². The lowest BCUT2D eigenvalue weighted by Gasteiger charge is -2.55. The summed E-state index contributed by atoms with van der Waals surface area (Å²) in [4.78, 5) is 0. The largest absolute Gasteiger partial charge is 0.447 e. The van der Waals surface area contributed by atoms with E-state index in [-0.39, 0.29) is 0 Å². The zero-order valence-corrected chi connectivity index (χ0v) is 14.1. The summed E-state index contributed by atoms with van der Waals surface area (Å²) in [6.45, 7) is 9.24. The molecule has 26 heavy (non-hydrogen) atoms. The maximum absolute atomic E-state index is 14.8. The Kier molecular flexibility index (Phi) is 6.22. The molecule has 1 rings (SSSR count). The Balaban J connectivity index is 3.41. The monoisotopic (exact) mass is 380 g/mol. The summed E-state index contributed by atoms with van der Waals surface area (Å²) < 4.78 is 93.4. The molecule has 0 N–H and O–H groups in total. The molecule has 0 radical (unpaired) electrons. The van der Waals surface area contributed by atoms with E-state index >= 15 is 0 Å². The van der Waals surface area contributed by atoms with Crippen LogP contribution in [0.2, 0.25) is 0 Å². The first-order valence-electron chi connectivity index (χ1n) is 7.41. The van der Waals surface area contributed by atoms with Gasteiger partial charge in [0, 0.05) is 0 Å². The van der Waals surface area contributed by atoms with Crippen LogP contribution in [0.25, 0.3) is 0 Å². The van der Waals surface area contributed by atoms with Crippen LogP contribution in [-0.2, 0) is 9.47 Å². The third-order valence-corrected chi connectivity index (χ3v) is 3.43. The third-order valence-electron chi connectivity index (χ3n) is 3.43. The summed E-state index contributed by atoms with van der Waals surface area (Å²) in [5.41, 5.74) is 0. The van der Waals surface area contributed by atoms with Crippen LogP contribution in [0, 0.1) is 0 Å². The number of hydrogen-bond donors (Lipinski definition) is 0. The van der Waals surface area contributed by atoms with Crippen molar-refractivity contribution in [2.45, 2.75) is 37.4 Å². The predicted octanol–water partition coefficient (Wildman–Crippen LogP) is 5.93. The van der Waals surface area contributed by atoms with E-state index in [0.29, 0.717) is 0 Å². The van der Waals surface area contributed by atoms with Gasteiger partial charge in [-0.1, -0.05) is 37.5 Å². The Labute approximate surface area is 147 Å². The summed E-state index contributed by atoms with van der Waals surface area (Å²) in [7, 11) is 0. The number of halogens is 6. The molecule has 0 aromatic rings. The fraction of sp³-hybridized carbons (Fsp3) is 0.333. The molecule has 0 spiro atoms. The molecule has 0 aromatic carbocycles. The van der Waals surface area contributed by atoms with E-state index in [4.69, 9.17) is 0 Å². The summed E-state index contributed by atoms with van der Waals surface area (Å²) in [5.74, 6) is -21.8. The second-order valence-electron chi connectivity index (χ2n) is 5.13. The van der Waals surface area contributed by atoms with Gasteiger partial charge in [0.05, 0.1) is 0 Å². The minimum atomic E-state index is -5.49. The molecule has 8 heteroatoms. The summed E-state index contributed by atoms with van der Waals surface area (Å²) >= 11 is 0. The van der Waals surface area contributed by atoms with Gasteiger partial charge in [0.2, 0.25) is 0 Å². The molecular formula is C18H18F6O2. The van der Waals surface area contributed by atoms with E-state index < -0.39 is 35.1 Å². The second-order valence-corrected chi connectivity index (χ2v) is 5.13. The molecule has 1 saturated carbocycles. The van der Waals surface area contributed by atoms with Gasteiger partial charge in [0.25, 0.3) is 0 Å². The van der Waals surface area contributed by atoms with Crippen molar-refractivity contribution < 1.29 is 35.8 Å². The van der Waals surface area contributed by atoms with Crippen LogP contribution in [0.1, 0.15) is 13.8 Å². The van der Waals surface area contributed by atoms with Gasteiger partial charge in [0.15, 0.2) is 0 Å². The van der Waals surface area contributed by atoms with Crippen LogP contribution >= 0.6 is 0 Å². The van der Waals surface area contributed by atoms with Crippen molar-refractivity contribution in [1.82, 2.24) is 0 Å². The lowest BCUT2D eigenvalue weighted by Crippen LogP contribution is -2.87. The molecule has 2 nitrogen and oxygen atoms in total. The average Bonchev–Trinajstić information content (AvgIpc) is 2.57. The van der Waals surface area contributed by atoms with Crippen LogP contribution in [0.5, 0.6) is 0 Å². The van der Waals surface area contributed by atoms with Crippen molar-refractivity contribution in [2.24, 2.45) is 0 Å². The van der Waals surface area contributed by atoms with Crippen molar-refractivity contribution in [2.75, 3.05) is 0 Å². The molecular weight excluding hydrogens is 362 g/mol. The molecule has 0 aromatic heterocycles. The highest BCUT2D eigenvalue weighted by Crippen LogP contribution is 2.69. The Morgan fingerprint density at radius 2 is 1.27 bits per heavy atom. The molecule has 0 amide bonds. The Morgan fingerprint density at radius 3 is 1.65 bits per heavy atom. The van der Waals surface area contributed by atoms with Crippen LogP contribution in [0.4, 0.5) is 26.3 Å². The molecule has 1 fully saturated rings. The second kappa shape index (κ2) is 7.47. The first-order valence-corrected chi connectivity index (χ1v) is 7.41. The number of alkyl halides is 6. The van der Waals surface area contributed by atoms with Gasteiger partial charge in [-0.05, 0) is 38.2 Å². The lowest BCUT2D eigenvalue weighted by atomic mass is 9.76. The van der Waals surface area contributed by atoms with E-state index in [1.807, 2.05) is 0 Å². The van der Waals surface area contributed by atoms with Crippen molar-refractivity contribution in [1.29, 1.82) is 0 Å². The highest BCUT2D eigenvalue weighted by molar-refractivity contribution is 5.30. The van der Waals surface area contributed by atoms with Gasteiger partial charge in [-0.3, -0.25) is 0 Å². The number of ether oxygens (including phenoxy) is 2. The number of hydrogen-bond acceptors (Lipinski definition) is 2. The van der Waals surface area contributed by atoms with Gasteiger partial charge in [-0.15, -0.1) is 0 Å². The SMILES string of the molecule is C=C/C=C\C(=C/C)OC1(F)C(F)(F)C(F)(F)C1(F)OC(/C=C\C)=C/C=C. The minimum absolute atomic E-state index is 0.617. The van der Waals surface area contributed by atoms with Gasteiger partial charge < -0.3 is 9.47 Å². The topological polar surface area (TPSA) is 18.5 Å². The number of allylic oxidation sites excluding steroid dienone is 8. The van der Waals surface area contributed by atoms with Gasteiger partial charge in [0.1, 0.15) is 11.5 Å². The van der Waals surface area contributed by atoms with Crippen LogP contribution in [0.3, 0.4) is 0 Å². The molecule has 0 bridgehead atoms. The van der Waals surface area contributed by atoms with Crippen molar-refractivity contribution >= 4 is 0 Å².